The molecule has 0 bridgehead atoms. The predicted octanol–water partition coefficient (Wildman–Crippen LogP) is 3.10. The molecule has 2 aromatic carbocycles. The Balaban J connectivity index is 1.42. The highest BCUT2D eigenvalue weighted by Gasteiger charge is 2.14. The molecule has 0 amide bonds. The van der Waals surface area contributed by atoms with Gasteiger partial charge in [-0.25, -0.2) is 9.97 Å². The number of ketones is 1. The van der Waals surface area contributed by atoms with Gasteiger partial charge in [0, 0.05) is 42.5 Å². The third-order valence-corrected chi connectivity index (χ3v) is 5.40. The van der Waals surface area contributed by atoms with Crippen molar-refractivity contribution in [3.8, 4) is 11.1 Å². The lowest BCUT2D eigenvalue weighted by atomic mass is 9.96. The minimum absolute atomic E-state index is 0.0427. The van der Waals surface area contributed by atoms with Crippen LogP contribution in [-0.4, -0.2) is 32.1 Å². The Bertz CT molecular complexity index is 1230. The molecule has 0 atom stereocenters. The van der Waals surface area contributed by atoms with Crippen molar-refractivity contribution in [3.63, 3.8) is 0 Å². The first kappa shape index (κ1) is 17.7. The summed E-state index contributed by atoms with van der Waals surface area (Å²) < 4.78 is 1.78. The van der Waals surface area contributed by atoms with E-state index in [1.807, 2.05) is 49.8 Å². The number of nitrogens with zero attached hydrogens (tertiary/aromatic N) is 4. The maximum absolute atomic E-state index is 12.8. The number of Topliss-reactive ketones (excluding diaryl/α,β-unsaturated/α-hetero) is 1. The van der Waals surface area contributed by atoms with Gasteiger partial charge in [0.05, 0.1) is 18.1 Å². The Morgan fingerprint density at radius 2 is 2.03 bits per heavy atom. The molecule has 1 N–H and O–H groups in total. The molecule has 0 unspecified atom stereocenters. The SMILES string of the molecule is Cn1cc(-c2ccc3cnc(CC(=O)c4ccc5c(c4)CNCC5)nc3c2)cn1. The van der Waals surface area contributed by atoms with E-state index in [2.05, 4.69) is 26.4 Å². The van der Waals surface area contributed by atoms with Gasteiger partial charge in [0.15, 0.2) is 5.78 Å². The summed E-state index contributed by atoms with van der Waals surface area (Å²) in [5, 5.41) is 8.54. The smallest absolute Gasteiger partial charge is 0.170 e. The molecule has 6 heteroatoms. The van der Waals surface area contributed by atoms with Gasteiger partial charge in [-0.3, -0.25) is 9.48 Å². The summed E-state index contributed by atoms with van der Waals surface area (Å²) in [6.45, 7) is 1.81. The van der Waals surface area contributed by atoms with Gasteiger partial charge < -0.3 is 5.32 Å². The highest BCUT2D eigenvalue weighted by Crippen LogP contribution is 2.23. The molecule has 5 rings (SSSR count). The van der Waals surface area contributed by atoms with Crippen molar-refractivity contribution in [3.05, 3.63) is 77.5 Å². The van der Waals surface area contributed by atoms with Crippen LogP contribution in [0.4, 0.5) is 0 Å². The summed E-state index contributed by atoms with van der Waals surface area (Å²) in [6, 6.07) is 12.1. The maximum Gasteiger partial charge on any atom is 0.170 e. The Kier molecular flexibility index (Phi) is 4.41. The van der Waals surface area contributed by atoms with Gasteiger partial charge in [0.2, 0.25) is 0 Å². The Labute approximate surface area is 168 Å². The Morgan fingerprint density at radius 3 is 2.90 bits per heavy atom. The van der Waals surface area contributed by atoms with E-state index in [1.165, 1.54) is 11.1 Å². The molecule has 6 nitrogen and oxygen atoms in total. The molecule has 0 aliphatic carbocycles. The van der Waals surface area contributed by atoms with E-state index in [-0.39, 0.29) is 12.2 Å². The average molecular weight is 383 g/mol. The third kappa shape index (κ3) is 3.54. The van der Waals surface area contributed by atoms with Gasteiger partial charge in [0.25, 0.3) is 0 Å². The average Bonchev–Trinajstić information content (AvgIpc) is 3.19. The molecule has 29 heavy (non-hydrogen) atoms. The fourth-order valence-electron chi connectivity index (χ4n) is 3.80. The number of benzene rings is 2. The normalized spacial score (nSPS) is 13.4. The van der Waals surface area contributed by atoms with Gasteiger partial charge in [0.1, 0.15) is 5.82 Å². The monoisotopic (exact) mass is 383 g/mol. The van der Waals surface area contributed by atoms with E-state index in [1.54, 1.807) is 10.9 Å². The minimum atomic E-state index is 0.0427. The van der Waals surface area contributed by atoms with Gasteiger partial charge in [-0.2, -0.15) is 5.10 Å². The molecule has 0 radical (unpaired) electrons. The van der Waals surface area contributed by atoms with Crippen LogP contribution < -0.4 is 5.32 Å². The van der Waals surface area contributed by atoms with Crippen molar-refractivity contribution in [1.82, 2.24) is 25.1 Å². The molecule has 4 aromatic rings. The van der Waals surface area contributed by atoms with Crippen LogP contribution in [0.2, 0.25) is 0 Å². The van der Waals surface area contributed by atoms with Crippen LogP contribution in [0.1, 0.15) is 27.3 Å². The van der Waals surface area contributed by atoms with E-state index in [4.69, 9.17) is 0 Å². The van der Waals surface area contributed by atoms with Crippen molar-refractivity contribution in [2.45, 2.75) is 19.4 Å². The second-order valence-electron chi connectivity index (χ2n) is 7.47. The van der Waals surface area contributed by atoms with Gasteiger partial charge in [-0.1, -0.05) is 24.3 Å². The number of rotatable bonds is 4. The lowest BCUT2D eigenvalue weighted by molar-refractivity contribution is 0.0990. The first-order valence-corrected chi connectivity index (χ1v) is 9.76. The fraction of sp³-hybridized carbons (Fsp3) is 0.217. The summed E-state index contributed by atoms with van der Waals surface area (Å²) in [5.74, 6) is 0.586. The molecule has 0 saturated carbocycles. The number of carbonyl (C=O) groups is 1. The maximum atomic E-state index is 12.8. The van der Waals surface area contributed by atoms with Crippen molar-refractivity contribution >= 4 is 16.7 Å². The van der Waals surface area contributed by atoms with Crippen LogP contribution in [0.3, 0.4) is 0 Å². The zero-order valence-corrected chi connectivity index (χ0v) is 16.2. The quantitative estimate of drug-likeness (QED) is 0.548. The van der Waals surface area contributed by atoms with Crippen LogP contribution in [0.25, 0.3) is 22.0 Å². The second kappa shape index (κ2) is 7.22. The van der Waals surface area contributed by atoms with Crippen LogP contribution >= 0.6 is 0 Å². The molecule has 2 aromatic heterocycles. The van der Waals surface area contributed by atoms with Crippen LogP contribution in [0, 0.1) is 0 Å². The molecular formula is C23H21N5O. The molecule has 0 fully saturated rings. The van der Waals surface area contributed by atoms with E-state index in [0.29, 0.717) is 5.82 Å². The largest absolute Gasteiger partial charge is 0.312 e. The molecule has 3 heterocycles. The summed E-state index contributed by atoms with van der Waals surface area (Å²) in [7, 11) is 1.90. The Hall–Kier alpha value is -3.38. The number of carbonyl (C=O) groups excluding carboxylic acids is 1. The molecule has 0 spiro atoms. The third-order valence-electron chi connectivity index (χ3n) is 5.40. The highest BCUT2D eigenvalue weighted by atomic mass is 16.1. The predicted molar refractivity (Wildman–Crippen MR) is 112 cm³/mol. The van der Waals surface area contributed by atoms with E-state index in [0.717, 1.165) is 47.1 Å². The van der Waals surface area contributed by atoms with Crippen molar-refractivity contribution in [2.24, 2.45) is 7.05 Å². The van der Waals surface area contributed by atoms with Crippen molar-refractivity contribution in [1.29, 1.82) is 0 Å². The molecule has 144 valence electrons. The zero-order chi connectivity index (χ0) is 19.8. The molecular weight excluding hydrogens is 362 g/mol. The number of fused-ring (bicyclic) bond motifs is 2. The second-order valence-corrected chi connectivity index (χ2v) is 7.47. The first-order chi connectivity index (χ1) is 14.2. The standard InChI is InChI=1S/C23H21N5O/c1-28-14-20(13-26-28)16-3-5-18-12-25-23(27-21(18)9-16)10-22(29)17-4-2-15-6-7-24-11-19(15)8-17/h2-5,8-9,12-14,24H,6-7,10-11H2,1H3. The summed E-state index contributed by atoms with van der Waals surface area (Å²) in [5.41, 5.74) is 6.17. The number of hydrogen-bond acceptors (Lipinski definition) is 5. The summed E-state index contributed by atoms with van der Waals surface area (Å²) in [6.07, 6.45) is 6.79. The lowest BCUT2D eigenvalue weighted by Gasteiger charge is -2.17. The fourth-order valence-corrected chi connectivity index (χ4v) is 3.80. The number of nitrogens with one attached hydrogen (secondary N) is 1. The van der Waals surface area contributed by atoms with Crippen molar-refractivity contribution in [2.75, 3.05) is 6.54 Å². The molecule has 0 saturated heterocycles. The lowest BCUT2D eigenvalue weighted by Crippen LogP contribution is -2.24. The first-order valence-electron chi connectivity index (χ1n) is 9.76. The van der Waals surface area contributed by atoms with E-state index < -0.39 is 0 Å². The topological polar surface area (TPSA) is 72.7 Å². The Morgan fingerprint density at radius 1 is 1.10 bits per heavy atom. The number of hydrogen-bond donors (Lipinski definition) is 1. The van der Waals surface area contributed by atoms with E-state index >= 15 is 0 Å². The van der Waals surface area contributed by atoms with Crippen LogP contribution in [0.5, 0.6) is 0 Å². The van der Waals surface area contributed by atoms with Gasteiger partial charge in [-0.15, -0.1) is 0 Å². The van der Waals surface area contributed by atoms with Crippen LogP contribution in [-0.2, 0) is 26.4 Å². The van der Waals surface area contributed by atoms with Crippen molar-refractivity contribution < 1.29 is 4.79 Å². The summed E-state index contributed by atoms with van der Waals surface area (Å²) >= 11 is 0. The van der Waals surface area contributed by atoms with E-state index in [9.17, 15) is 4.79 Å². The molecule has 1 aliphatic rings. The van der Waals surface area contributed by atoms with Crippen LogP contribution in [0.15, 0.2) is 55.0 Å². The number of aromatic nitrogens is 4. The molecule has 1 aliphatic heterocycles. The van der Waals surface area contributed by atoms with Gasteiger partial charge in [-0.05, 0) is 41.8 Å². The highest BCUT2D eigenvalue weighted by molar-refractivity contribution is 5.97. The van der Waals surface area contributed by atoms with Gasteiger partial charge >= 0.3 is 0 Å². The number of aryl methyl sites for hydroxylation is 1. The minimum Gasteiger partial charge on any atom is -0.312 e. The summed E-state index contributed by atoms with van der Waals surface area (Å²) in [4.78, 5) is 21.9. The zero-order valence-electron chi connectivity index (χ0n) is 16.2.